The molecule has 3 rings (SSSR count). The van der Waals surface area contributed by atoms with Crippen LogP contribution in [-0.2, 0) is 14.2 Å². The van der Waals surface area contributed by atoms with Gasteiger partial charge in [0.15, 0.2) is 0 Å². The SMILES string of the molecule is CCOCCC1CCOC2(C1)CN(C1CCOCC1)C2. The van der Waals surface area contributed by atoms with Gasteiger partial charge >= 0.3 is 0 Å². The summed E-state index contributed by atoms with van der Waals surface area (Å²) >= 11 is 0. The van der Waals surface area contributed by atoms with Gasteiger partial charge in [-0.05, 0) is 44.9 Å². The second-order valence-corrected chi connectivity index (χ2v) is 6.62. The summed E-state index contributed by atoms with van der Waals surface area (Å²) in [5, 5.41) is 0. The first kappa shape index (κ1) is 14.8. The molecule has 0 aromatic heterocycles. The summed E-state index contributed by atoms with van der Waals surface area (Å²) in [5.74, 6) is 0.798. The van der Waals surface area contributed by atoms with E-state index in [1.165, 1.54) is 32.1 Å². The van der Waals surface area contributed by atoms with Crippen LogP contribution in [0.15, 0.2) is 0 Å². The monoisotopic (exact) mass is 283 g/mol. The number of likely N-dealkylation sites (tertiary alicyclic amines) is 1. The fourth-order valence-corrected chi connectivity index (χ4v) is 3.99. The zero-order valence-corrected chi connectivity index (χ0v) is 12.8. The summed E-state index contributed by atoms with van der Waals surface area (Å²) in [6.45, 7) is 8.93. The molecule has 20 heavy (non-hydrogen) atoms. The van der Waals surface area contributed by atoms with Gasteiger partial charge in [-0.25, -0.2) is 0 Å². The largest absolute Gasteiger partial charge is 0.382 e. The summed E-state index contributed by atoms with van der Waals surface area (Å²) in [5.41, 5.74) is 0.174. The number of hydrogen-bond acceptors (Lipinski definition) is 4. The standard InChI is InChI=1S/C16H29NO3/c1-2-18-7-3-14-4-10-20-16(11-14)12-17(13-16)15-5-8-19-9-6-15/h14-15H,2-13H2,1H3. The Morgan fingerprint density at radius 3 is 2.70 bits per heavy atom. The molecule has 1 unspecified atom stereocenters. The van der Waals surface area contributed by atoms with Crippen LogP contribution in [0, 0.1) is 5.92 Å². The van der Waals surface area contributed by atoms with Crippen LogP contribution in [0.4, 0.5) is 0 Å². The van der Waals surface area contributed by atoms with Crippen LogP contribution in [0.3, 0.4) is 0 Å². The Bertz CT molecular complexity index is 298. The van der Waals surface area contributed by atoms with Gasteiger partial charge in [-0.1, -0.05) is 0 Å². The van der Waals surface area contributed by atoms with Gasteiger partial charge in [0, 0.05) is 52.2 Å². The first-order valence-electron chi connectivity index (χ1n) is 8.35. The van der Waals surface area contributed by atoms with E-state index in [4.69, 9.17) is 14.2 Å². The van der Waals surface area contributed by atoms with E-state index in [1.807, 2.05) is 0 Å². The van der Waals surface area contributed by atoms with Crippen LogP contribution in [0.25, 0.3) is 0 Å². The average Bonchev–Trinajstić information content (AvgIpc) is 2.46. The van der Waals surface area contributed by atoms with Gasteiger partial charge in [0.25, 0.3) is 0 Å². The van der Waals surface area contributed by atoms with Crippen LogP contribution in [-0.4, -0.2) is 62.7 Å². The normalized spacial score (nSPS) is 31.4. The maximum atomic E-state index is 6.15. The molecule has 1 spiro atoms. The highest BCUT2D eigenvalue weighted by molar-refractivity contribution is 5.02. The van der Waals surface area contributed by atoms with Gasteiger partial charge in [0.05, 0.1) is 5.60 Å². The Labute approximate surface area is 122 Å². The smallest absolute Gasteiger partial charge is 0.0937 e. The van der Waals surface area contributed by atoms with Crippen molar-refractivity contribution < 1.29 is 14.2 Å². The van der Waals surface area contributed by atoms with Gasteiger partial charge in [0.1, 0.15) is 0 Å². The van der Waals surface area contributed by atoms with E-state index in [-0.39, 0.29) is 5.60 Å². The molecule has 4 nitrogen and oxygen atoms in total. The molecule has 3 aliphatic rings. The molecule has 0 radical (unpaired) electrons. The molecule has 0 bridgehead atoms. The summed E-state index contributed by atoms with van der Waals surface area (Å²) in [6, 6.07) is 0.738. The lowest BCUT2D eigenvalue weighted by Gasteiger charge is -2.56. The van der Waals surface area contributed by atoms with Crippen molar-refractivity contribution >= 4 is 0 Å². The second-order valence-electron chi connectivity index (χ2n) is 6.62. The maximum absolute atomic E-state index is 6.15. The third kappa shape index (κ3) is 3.35. The Balaban J connectivity index is 1.43. The molecule has 0 aromatic carbocycles. The van der Waals surface area contributed by atoms with E-state index in [0.717, 1.165) is 58.1 Å². The molecular formula is C16H29NO3. The van der Waals surface area contributed by atoms with Crippen LogP contribution < -0.4 is 0 Å². The summed E-state index contributed by atoms with van der Waals surface area (Å²) < 4.78 is 17.1. The fourth-order valence-electron chi connectivity index (χ4n) is 3.99. The van der Waals surface area contributed by atoms with Gasteiger partial charge in [0.2, 0.25) is 0 Å². The van der Waals surface area contributed by atoms with Crippen molar-refractivity contribution in [3.8, 4) is 0 Å². The van der Waals surface area contributed by atoms with Gasteiger partial charge in [-0.2, -0.15) is 0 Å². The predicted molar refractivity (Wildman–Crippen MR) is 77.9 cm³/mol. The lowest BCUT2D eigenvalue weighted by Crippen LogP contribution is -2.68. The van der Waals surface area contributed by atoms with Crippen molar-refractivity contribution in [3.05, 3.63) is 0 Å². The minimum atomic E-state index is 0.174. The van der Waals surface area contributed by atoms with Crippen molar-refractivity contribution in [1.29, 1.82) is 0 Å². The van der Waals surface area contributed by atoms with Gasteiger partial charge < -0.3 is 14.2 Å². The first-order valence-corrected chi connectivity index (χ1v) is 8.35. The second kappa shape index (κ2) is 6.73. The number of rotatable bonds is 5. The highest BCUT2D eigenvalue weighted by Gasteiger charge is 2.49. The van der Waals surface area contributed by atoms with Crippen LogP contribution in [0.2, 0.25) is 0 Å². The fraction of sp³-hybridized carbons (Fsp3) is 1.00. The average molecular weight is 283 g/mol. The van der Waals surface area contributed by atoms with E-state index in [9.17, 15) is 0 Å². The quantitative estimate of drug-likeness (QED) is 0.723. The lowest BCUT2D eigenvalue weighted by atomic mass is 9.78. The molecule has 0 saturated carbocycles. The van der Waals surface area contributed by atoms with E-state index >= 15 is 0 Å². The highest BCUT2D eigenvalue weighted by atomic mass is 16.5. The third-order valence-corrected chi connectivity index (χ3v) is 5.16. The zero-order chi connectivity index (χ0) is 13.8. The van der Waals surface area contributed by atoms with E-state index in [2.05, 4.69) is 11.8 Å². The topological polar surface area (TPSA) is 30.9 Å². The first-order chi connectivity index (χ1) is 9.81. The van der Waals surface area contributed by atoms with Crippen LogP contribution >= 0.6 is 0 Å². The number of ether oxygens (including phenoxy) is 3. The number of nitrogens with zero attached hydrogens (tertiary/aromatic N) is 1. The summed E-state index contributed by atoms with van der Waals surface area (Å²) in [6.07, 6.45) is 6.05. The van der Waals surface area contributed by atoms with E-state index in [0.29, 0.717) is 0 Å². The van der Waals surface area contributed by atoms with Crippen molar-refractivity contribution in [3.63, 3.8) is 0 Å². The van der Waals surface area contributed by atoms with Crippen LogP contribution in [0.1, 0.15) is 39.0 Å². The molecule has 3 saturated heterocycles. The molecule has 0 aromatic rings. The zero-order valence-electron chi connectivity index (χ0n) is 12.8. The minimum absolute atomic E-state index is 0.174. The van der Waals surface area contributed by atoms with Gasteiger partial charge in [-0.15, -0.1) is 0 Å². The molecule has 3 heterocycles. The third-order valence-electron chi connectivity index (χ3n) is 5.16. The Hall–Kier alpha value is -0.160. The maximum Gasteiger partial charge on any atom is 0.0937 e. The Morgan fingerprint density at radius 2 is 1.95 bits per heavy atom. The predicted octanol–water partition coefficient (Wildman–Crippen LogP) is 2.07. The van der Waals surface area contributed by atoms with Crippen molar-refractivity contribution in [2.45, 2.75) is 50.7 Å². The van der Waals surface area contributed by atoms with E-state index in [1.54, 1.807) is 0 Å². The number of hydrogen-bond donors (Lipinski definition) is 0. The molecule has 1 atom stereocenters. The highest BCUT2D eigenvalue weighted by Crippen LogP contribution is 2.40. The van der Waals surface area contributed by atoms with Crippen LogP contribution in [0.5, 0.6) is 0 Å². The molecule has 0 N–H and O–H groups in total. The molecular weight excluding hydrogens is 254 g/mol. The van der Waals surface area contributed by atoms with Crippen molar-refractivity contribution in [1.82, 2.24) is 4.90 Å². The summed E-state index contributed by atoms with van der Waals surface area (Å²) in [7, 11) is 0. The van der Waals surface area contributed by atoms with Gasteiger partial charge in [-0.3, -0.25) is 4.90 Å². The Morgan fingerprint density at radius 1 is 1.15 bits per heavy atom. The van der Waals surface area contributed by atoms with E-state index < -0.39 is 0 Å². The minimum Gasteiger partial charge on any atom is -0.382 e. The summed E-state index contributed by atoms with van der Waals surface area (Å²) in [4.78, 5) is 2.62. The molecule has 4 heteroatoms. The van der Waals surface area contributed by atoms with Crippen molar-refractivity contribution in [2.75, 3.05) is 46.1 Å². The molecule has 3 aliphatic heterocycles. The lowest BCUT2D eigenvalue weighted by molar-refractivity contribution is -0.195. The Kier molecular flexibility index (Phi) is 4.97. The molecule has 3 fully saturated rings. The molecule has 0 amide bonds. The van der Waals surface area contributed by atoms with Crippen molar-refractivity contribution in [2.24, 2.45) is 5.92 Å². The molecule has 0 aliphatic carbocycles. The molecule has 116 valence electrons.